The van der Waals surface area contributed by atoms with Crippen LogP contribution < -0.4 is 4.74 Å². The van der Waals surface area contributed by atoms with Crippen molar-refractivity contribution in [3.05, 3.63) is 28.8 Å². The molecule has 1 rings (SSSR count). The number of benzene rings is 1. The highest BCUT2D eigenvalue weighted by atomic mass is 35.5. The van der Waals surface area contributed by atoms with Gasteiger partial charge in [0.1, 0.15) is 5.75 Å². The molecule has 0 aliphatic rings. The van der Waals surface area contributed by atoms with Crippen LogP contribution in [0.3, 0.4) is 0 Å². The monoisotopic (exact) mass is 260 g/mol. The molecule has 0 saturated carbocycles. The highest BCUT2D eigenvalue weighted by Crippen LogP contribution is 2.38. The maximum absolute atomic E-state index is 6.45. The van der Waals surface area contributed by atoms with E-state index in [1.54, 1.807) is 7.11 Å². The molecule has 0 N–H and O–H groups in total. The first-order valence-electron chi connectivity index (χ1n) is 5.57. The van der Waals surface area contributed by atoms with Crippen LogP contribution in [0.1, 0.15) is 37.6 Å². The van der Waals surface area contributed by atoms with Crippen molar-refractivity contribution < 1.29 is 4.74 Å². The summed E-state index contributed by atoms with van der Waals surface area (Å²) < 4.78 is 5.31. The molecule has 0 bridgehead atoms. The number of hydrogen-bond donors (Lipinski definition) is 0. The van der Waals surface area contributed by atoms with Crippen molar-refractivity contribution in [2.75, 3.05) is 7.11 Å². The third-order valence-electron chi connectivity index (χ3n) is 2.73. The zero-order valence-electron chi connectivity index (χ0n) is 9.97. The summed E-state index contributed by atoms with van der Waals surface area (Å²) in [5, 5.41) is 0.652. The van der Waals surface area contributed by atoms with Gasteiger partial charge >= 0.3 is 0 Å². The minimum absolute atomic E-state index is 0.0476. The number of alkyl halides is 1. The van der Waals surface area contributed by atoms with Gasteiger partial charge in [-0.1, -0.05) is 31.9 Å². The van der Waals surface area contributed by atoms with Crippen molar-refractivity contribution in [3.8, 4) is 5.75 Å². The molecule has 0 aliphatic heterocycles. The maximum Gasteiger partial charge on any atom is 0.123 e. The van der Waals surface area contributed by atoms with Gasteiger partial charge in [-0.2, -0.15) is 0 Å². The van der Waals surface area contributed by atoms with E-state index in [9.17, 15) is 0 Å². The van der Waals surface area contributed by atoms with Gasteiger partial charge in [0.05, 0.1) is 12.5 Å². The van der Waals surface area contributed by atoms with Gasteiger partial charge in [-0.15, -0.1) is 11.6 Å². The normalized spacial score (nSPS) is 14.6. The summed E-state index contributed by atoms with van der Waals surface area (Å²) >= 11 is 12.4. The highest BCUT2D eigenvalue weighted by Gasteiger charge is 2.19. The van der Waals surface area contributed by atoms with Crippen LogP contribution in [0, 0.1) is 5.92 Å². The van der Waals surface area contributed by atoms with Gasteiger partial charge in [0.2, 0.25) is 0 Å². The molecule has 90 valence electrons. The van der Waals surface area contributed by atoms with Crippen LogP contribution in [0.5, 0.6) is 5.75 Å². The molecule has 0 aliphatic carbocycles. The first-order valence-corrected chi connectivity index (χ1v) is 6.39. The van der Waals surface area contributed by atoms with E-state index >= 15 is 0 Å². The Hall–Kier alpha value is -0.400. The summed E-state index contributed by atoms with van der Waals surface area (Å²) in [4.78, 5) is 0. The average Bonchev–Trinajstić information content (AvgIpc) is 2.28. The SMILES string of the molecule is CCCC(C)C(Cl)c1cc(Cl)ccc1OC. The van der Waals surface area contributed by atoms with Crippen molar-refractivity contribution in [3.63, 3.8) is 0 Å². The fraction of sp³-hybridized carbons (Fsp3) is 0.538. The van der Waals surface area contributed by atoms with E-state index < -0.39 is 0 Å². The lowest BCUT2D eigenvalue weighted by molar-refractivity contribution is 0.401. The van der Waals surface area contributed by atoms with Crippen LogP contribution in [0.2, 0.25) is 5.02 Å². The quantitative estimate of drug-likeness (QED) is 0.673. The molecule has 1 aromatic carbocycles. The van der Waals surface area contributed by atoms with Gasteiger partial charge in [0.25, 0.3) is 0 Å². The minimum atomic E-state index is -0.0476. The topological polar surface area (TPSA) is 9.23 Å². The van der Waals surface area contributed by atoms with Crippen molar-refractivity contribution >= 4 is 23.2 Å². The van der Waals surface area contributed by atoms with Gasteiger partial charge in [-0.3, -0.25) is 0 Å². The Labute approximate surface area is 108 Å². The maximum atomic E-state index is 6.45. The molecule has 2 atom stereocenters. The van der Waals surface area contributed by atoms with Gasteiger partial charge < -0.3 is 4.74 Å². The summed E-state index contributed by atoms with van der Waals surface area (Å²) in [5.41, 5.74) is 0.984. The van der Waals surface area contributed by atoms with E-state index in [2.05, 4.69) is 13.8 Å². The fourth-order valence-corrected chi connectivity index (χ4v) is 2.31. The molecule has 1 nitrogen and oxygen atoms in total. The van der Waals surface area contributed by atoms with E-state index in [-0.39, 0.29) is 5.38 Å². The molecule has 2 unspecified atom stereocenters. The summed E-state index contributed by atoms with van der Waals surface area (Å²) in [5.74, 6) is 1.23. The molecule has 0 spiro atoms. The molecule has 0 radical (unpaired) electrons. The Bertz CT molecular complexity index is 339. The van der Waals surface area contributed by atoms with Gasteiger partial charge in [0, 0.05) is 10.6 Å². The zero-order valence-corrected chi connectivity index (χ0v) is 11.5. The second kappa shape index (κ2) is 6.36. The van der Waals surface area contributed by atoms with Crippen molar-refractivity contribution in [1.29, 1.82) is 0 Å². The standard InChI is InChI=1S/C13H18Cl2O/c1-4-5-9(2)13(15)11-8-10(14)6-7-12(11)16-3/h6-9,13H,4-5H2,1-3H3. The summed E-state index contributed by atoms with van der Waals surface area (Å²) in [6, 6.07) is 5.58. The van der Waals surface area contributed by atoms with Crippen LogP contribution in [0.25, 0.3) is 0 Å². The lowest BCUT2D eigenvalue weighted by Crippen LogP contribution is -2.05. The second-order valence-corrected chi connectivity index (χ2v) is 4.96. The fourth-order valence-electron chi connectivity index (χ4n) is 1.83. The Balaban J connectivity index is 2.96. The Morgan fingerprint density at radius 3 is 2.62 bits per heavy atom. The van der Waals surface area contributed by atoms with E-state index in [1.807, 2.05) is 18.2 Å². The van der Waals surface area contributed by atoms with Crippen molar-refractivity contribution in [2.45, 2.75) is 32.1 Å². The van der Waals surface area contributed by atoms with E-state index in [1.165, 1.54) is 0 Å². The van der Waals surface area contributed by atoms with E-state index in [4.69, 9.17) is 27.9 Å². The van der Waals surface area contributed by atoms with Gasteiger partial charge in [-0.05, 0) is 30.5 Å². The third kappa shape index (κ3) is 3.29. The molecule has 1 aromatic rings. The number of hydrogen-bond acceptors (Lipinski definition) is 1. The molecule has 0 heterocycles. The van der Waals surface area contributed by atoms with E-state index in [0.29, 0.717) is 10.9 Å². The van der Waals surface area contributed by atoms with Crippen LogP contribution in [0.4, 0.5) is 0 Å². The lowest BCUT2D eigenvalue weighted by Gasteiger charge is -2.20. The Morgan fingerprint density at radius 1 is 1.38 bits per heavy atom. The highest BCUT2D eigenvalue weighted by molar-refractivity contribution is 6.31. The largest absolute Gasteiger partial charge is 0.496 e. The number of methoxy groups -OCH3 is 1. The Morgan fingerprint density at radius 2 is 2.06 bits per heavy atom. The Kier molecular flexibility index (Phi) is 5.43. The first kappa shape index (κ1) is 13.7. The molecule has 0 fully saturated rings. The van der Waals surface area contributed by atoms with Crippen LogP contribution >= 0.6 is 23.2 Å². The van der Waals surface area contributed by atoms with Crippen LogP contribution in [0.15, 0.2) is 18.2 Å². The van der Waals surface area contributed by atoms with Crippen molar-refractivity contribution in [1.82, 2.24) is 0 Å². The summed E-state index contributed by atoms with van der Waals surface area (Å²) in [6.07, 6.45) is 2.23. The predicted octanol–water partition coefficient (Wildman–Crippen LogP) is 5.06. The van der Waals surface area contributed by atoms with Gasteiger partial charge in [-0.25, -0.2) is 0 Å². The zero-order chi connectivity index (χ0) is 12.1. The number of halogens is 2. The molecular formula is C13H18Cl2O. The second-order valence-electron chi connectivity index (χ2n) is 4.05. The molecule has 3 heteroatoms. The predicted molar refractivity (Wildman–Crippen MR) is 70.7 cm³/mol. The number of rotatable bonds is 5. The smallest absolute Gasteiger partial charge is 0.123 e. The van der Waals surface area contributed by atoms with E-state index in [0.717, 1.165) is 24.2 Å². The minimum Gasteiger partial charge on any atom is -0.496 e. The van der Waals surface area contributed by atoms with Crippen molar-refractivity contribution in [2.24, 2.45) is 5.92 Å². The molecule has 0 amide bonds. The summed E-state index contributed by atoms with van der Waals surface area (Å²) in [7, 11) is 1.65. The van der Waals surface area contributed by atoms with Gasteiger partial charge in [0.15, 0.2) is 0 Å². The molecule has 0 aromatic heterocycles. The third-order valence-corrected chi connectivity index (χ3v) is 3.63. The molecule has 0 saturated heterocycles. The van der Waals surface area contributed by atoms with Crippen LogP contribution in [-0.4, -0.2) is 7.11 Å². The number of ether oxygens (including phenoxy) is 1. The lowest BCUT2D eigenvalue weighted by atomic mass is 9.96. The average molecular weight is 261 g/mol. The molecule has 16 heavy (non-hydrogen) atoms. The van der Waals surface area contributed by atoms with Crippen LogP contribution in [-0.2, 0) is 0 Å². The summed E-state index contributed by atoms with van der Waals surface area (Å²) in [6.45, 7) is 4.32. The molecular weight excluding hydrogens is 243 g/mol. The first-order chi connectivity index (χ1) is 7.60.